The molecule has 0 aromatic heterocycles. The molecule has 0 unspecified atom stereocenters. The van der Waals surface area contributed by atoms with Crippen molar-refractivity contribution in [1.82, 2.24) is 9.80 Å². The van der Waals surface area contributed by atoms with Crippen molar-refractivity contribution in [3.63, 3.8) is 0 Å². The van der Waals surface area contributed by atoms with Crippen molar-refractivity contribution in [2.45, 2.75) is 18.9 Å². The van der Waals surface area contributed by atoms with Crippen LogP contribution in [0.15, 0.2) is 0 Å². The summed E-state index contributed by atoms with van der Waals surface area (Å²) in [5, 5.41) is 9.22. The molecule has 1 N–H and O–H groups in total. The molecule has 76 valence electrons. The third-order valence-corrected chi connectivity index (χ3v) is 2.29. The fourth-order valence-electron chi connectivity index (χ4n) is 1.45. The van der Waals surface area contributed by atoms with Crippen LogP contribution < -0.4 is 0 Å². The van der Waals surface area contributed by atoms with Crippen molar-refractivity contribution in [1.29, 1.82) is 0 Å². The average molecular weight is 186 g/mol. The molecule has 1 heterocycles. The number of β-amino-alcohol motifs (C(OH)–C–C–N with tert-alkyl or cyclic N) is 1. The van der Waals surface area contributed by atoms with Crippen LogP contribution in [-0.4, -0.2) is 60.6 Å². The summed E-state index contributed by atoms with van der Waals surface area (Å²) in [6, 6.07) is 0. The van der Waals surface area contributed by atoms with Crippen molar-refractivity contribution in [2.75, 3.05) is 33.7 Å². The lowest BCUT2D eigenvalue weighted by Gasteiger charge is -2.16. The first kappa shape index (κ1) is 10.5. The van der Waals surface area contributed by atoms with Crippen molar-refractivity contribution in [3.8, 4) is 0 Å². The highest BCUT2D eigenvalue weighted by molar-refractivity contribution is 5.76. The molecule has 0 aromatic rings. The summed E-state index contributed by atoms with van der Waals surface area (Å²) in [7, 11) is 3.90. The van der Waals surface area contributed by atoms with E-state index in [0.29, 0.717) is 19.5 Å². The number of likely N-dealkylation sites (tertiary alicyclic amines) is 1. The van der Waals surface area contributed by atoms with E-state index in [0.717, 1.165) is 13.0 Å². The molecule has 0 bridgehead atoms. The summed E-state index contributed by atoms with van der Waals surface area (Å²) in [4.78, 5) is 15.2. The Kier molecular flexibility index (Phi) is 3.69. The molecule has 1 aliphatic rings. The second-order valence-corrected chi connectivity index (χ2v) is 3.84. The molecule has 0 saturated carbocycles. The molecule has 1 saturated heterocycles. The smallest absolute Gasteiger partial charge is 0.223 e. The standard InChI is InChI=1S/C9H18N2O2/c1-10(2)5-4-9(13)11-6-3-8(12)7-11/h8,12H,3-7H2,1-2H3/t8-/m1/s1. The fraction of sp³-hybridized carbons (Fsp3) is 0.889. The molecule has 0 aliphatic carbocycles. The van der Waals surface area contributed by atoms with E-state index in [1.54, 1.807) is 4.90 Å². The second-order valence-electron chi connectivity index (χ2n) is 3.84. The predicted molar refractivity (Wildman–Crippen MR) is 50.4 cm³/mol. The zero-order valence-electron chi connectivity index (χ0n) is 8.36. The summed E-state index contributed by atoms with van der Waals surface area (Å²) in [6.45, 7) is 2.02. The lowest BCUT2D eigenvalue weighted by Crippen LogP contribution is -2.31. The second kappa shape index (κ2) is 4.58. The number of nitrogens with zero attached hydrogens (tertiary/aromatic N) is 2. The van der Waals surface area contributed by atoms with Crippen molar-refractivity contribution < 1.29 is 9.90 Å². The molecule has 4 heteroatoms. The third kappa shape index (κ3) is 3.32. The molecule has 1 rings (SSSR count). The number of hydrogen-bond acceptors (Lipinski definition) is 3. The first-order valence-electron chi connectivity index (χ1n) is 4.70. The Labute approximate surface area is 79.1 Å². The van der Waals surface area contributed by atoms with Gasteiger partial charge in [0.25, 0.3) is 0 Å². The SMILES string of the molecule is CN(C)CCC(=O)N1CC[C@@H](O)C1. The third-order valence-electron chi connectivity index (χ3n) is 2.29. The van der Waals surface area contributed by atoms with E-state index in [1.165, 1.54) is 0 Å². The Morgan fingerprint density at radius 3 is 2.77 bits per heavy atom. The van der Waals surface area contributed by atoms with Gasteiger partial charge in [-0.05, 0) is 20.5 Å². The summed E-state index contributed by atoms with van der Waals surface area (Å²) in [5.41, 5.74) is 0. The molecule has 1 aliphatic heterocycles. The summed E-state index contributed by atoms with van der Waals surface area (Å²) in [5.74, 6) is 0.158. The summed E-state index contributed by atoms with van der Waals surface area (Å²) >= 11 is 0. The minimum Gasteiger partial charge on any atom is -0.391 e. The number of rotatable bonds is 3. The van der Waals surface area contributed by atoms with Gasteiger partial charge in [0.15, 0.2) is 0 Å². The Balaban J connectivity index is 2.24. The number of carbonyl (C=O) groups is 1. The maximum Gasteiger partial charge on any atom is 0.223 e. The van der Waals surface area contributed by atoms with Crippen LogP contribution in [0.3, 0.4) is 0 Å². The van der Waals surface area contributed by atoms with Crippen molar-refractivity contribution in [3.05, 3.63) is 0 Å². The van der Waals surface area contributed by atoms with Gasteiger partial charge in [-0.2, -0.15) is 0 Å². The van der Waals surface area contributed by atoms with E-state index < -0.39 is 0 Å². The summed E-state index contributed by atoms with van der Waals surface area (Å²) in [6.07, 6.45) is 0.983. The maximum absolute atomic E-state index is 11.5. The van der Waals surface area contributed by atoms with Gasteiger partial charge < -0.3 is 14.9 Å². The van der Waals surface area contributed by atoms with Gasteiger partial charge in [-0.25, -0.2) is 0 Å². The predicted octanol–water partition coefficient (Wildman–Crippen LogP) is -0.469. The highest BCUT2D eigenvalue weighted by Crippen LogP contribution is 2.09. The lowest BCUT2D eigenvalue weighted by molar-refractivity contribution is -0.130. The van der Waals surface area contributed by atoms with E-state index in [9.17, 15) is 9.90 Å². The Morgan fingerprint density at radius 2 is 2.31 bits per heavy atom. The van der Waals surface area contributed by atoms with E-state index >= 15 is 0 Å². The zero-order valence-corrected chi connectivity index (χ0v) is 8.36. The van der Waals surface area contributed by atoms with E-state index in [2.05, 4.69) is 0 Å². The zero-order chi connectivity index (χ0) is 9.84. The molecule has 1 atom stereocenters. The lowest BCUT2D eigenvalue weighted by atomic mass is 10.3. The van der Waals surface area contributed by atoms with E-state index in [4.69, 9.17) is 0 Å². The Bertz CT molecular complexity index is 182. The molecule has 0 radical (unpaired) electrons. The molecule has 1 fully saturated rings. The molecular weight excluding hydrogens is 168 g/mol. The first-order chi connectivity index (χ1) is 6.09. The van der Waals surface area contributed by atoms with Crippen LogP contribution in [0.1, 0.15) is 12.8 Å². The van der Waals surface area contributed by atoms with Gasteiger partial charge in [-0.3, -0.25) is 4.79 Å². The minimum absolute atomic E-state index is 0.158. The van der Waals surface area contributed by atoms with Crippen LogP contribution >= 0.6 is 0 Å². The molecule has 1 amide bonds. The van der Waals surface area contributed by atoms with Crippen LogP contribution in [0.2, 0.25) is 0 Å². The van der Waals surface area contributed by atoms with Crippen LogP contribution in [0.5, 0.6) is 0 Å². The quantitative estimate of drug-likeness (QED) is 0.648. The number of aliphatic hydroxyl groups excluding tert-OH is 1. The van der Waals surface area contributed by atoms with Gasteiger partial charge in [0.1, 0.15) is 0 Å². The average Bonchev–Trinajstić information content (AvgIpc) is 2.47. The monoisotopic (exact) mass is 186 g/mol. The van der Waals surface area contributed by atoms with Gasteiger partial charge >= 0.3 is 0 Å². The van der Waals surface area contributed by atoms with Gasteiger partial charge in [0.05, 0.1) is 6.10 Å². The van der Waals surface area contributed by atoms with Crippen LogP contribution in [0.25, 0.3) is 0 Å². The maximum atomic E-state index is 11.5. The van der Waals surface area contributed by atoms with Crippen LogP contribution in [-0.2, 0) is 4.79 Å². The number of hydrogen-bond donors (Lipinski definition) is 1. The number of carbonyl (C=O) groups excluding carboxylic acids is 1. The van der Waals surface area contributed by atoms with E-state index in [-0.39, 0.29) is 12.0 Å². The van der Waals surface area contributed by atoms with Crippen molar-refractivity contribution >= 4 is 5.91 Å². The van der Waals surface area contributed by atoms with Gasteiger partial charge in [-0.1, -0.05) is 0 Å². The number of amides is 1. The molecule has 4 nitrogen and oxygen atoms in total. The highest BCUT2D eigenvalue weighted by atomic mass is 16.3. The normalized spacial score (nSPS) is 22.8. The molecule has 0 spiro atoms. The minimum atomic E-state index is -0.302. The van der Waals surface area contributed by atoms with Crippen LogP contribution in [0, 0.1) is 0 Å². The van der Waals surface area contributed by atoms with Gasteiger partial charge in [-0.15, -0.1) is 0 Å². The number of aliphatic hydroxyl groups is 1. The van der Waals surface area contributed by atoms with Gasteiger partial charge in [0.2, 0.25) is 5.91 Å². The van der Waals surface area contributed by atoms with Crippen LogP contribution in [0.4, 0.5) is 0 Å². The topological polar surface area (TPSA) is 43.8 Å². The van der Waals surface area contributed by atoms with Crippen molar-refractivity contribution in [2.24, 2.45) is 0 Å². The fourth-order valence-corrected chi connectivity index (χ4v) is 1.45. The Morgan fingerprint density at radius 1 is 1.62 bits per heavy atom. The van der Waals surface area contributed by atoms with Gasteiger partial charge in [0, 0.05) is 26.1 Å². The van der Waals surface area contributed by atoms with E-state index in [1.807, 2.05) is 19.0 Å². The molecular formula is C9H18N2O2. The summed E-state index contributed by atoms with van der Waals surface area (Å²) < 4.78 is 0. The largest absolute Gasteiger partial charge is 0.391 e. The molecule has 0 aromatic carbocycles. The Hall–Kier alpha value is -0.610. The highest BCUT2D eigenvalue weighted by Gasteiger charge is 2.23. The molecule has 13 heavy (non-hydrogen) atoms. The first-order valence-corrected chi connectivity index (χ1v) is 4.70.